The van der Waals surface area contributed by atoms with Gasteiger partial charge in [0.15, 0.2) is 0 Å². The van der Waals surface area contributed by atoms with Crippen LogP contribution < -0.4 is 10.5 Å². The van der Waals surface area contributed by atoms with Crippen LogP contribution in [0.1, 0.15) is 13.3 Å². The first-order valence-corrected chi connectivity index (χ1v) is 3.62. The van der Waals surface area contributed by atoms with Crippen molar-refractivity contribution < 1.29 is 0 Å². The monoisotopic (exact) mass is 139 g/mol. The molecule has 0 atom stereocenters. The van der Waals surface area contributed by atoms with Crippen molar-refractivity contribution in [1.29, 1.82) is 0 Å². The van der Waals surface area contributed by atoms with E-state index in [1.54, 1.807) is 0 Å². The van der Waals surface area contributed by atoms with E-state index in [2.05, 4.69) is 22.1 Å². The molecule has 3 nitrogen and oxygen atoms in total. The summed E-state index contributed by atoms with van der Waals surface area (Å²) in [6, 6.07) is 0. The summed E-state index contributed by atoms with van der Waals surface area (Å²) >= 11 is 0. The third-order valence-corrected chi connectivity index (χ3v) is 1.07. The van der Waals surface area contributed by atoms with E-state index in [4.69, 9.17) is 0 Å². The molecule has 0 aliphatic carbocycles. The highest BCUT2D eigenvalue weighted by Gasteiger charge is 2.03. The lowest BCUT2D eigenvalue weighted by Gasteiger charge is -2.17. The number of hydrogen-bond donors (Lipinski definition) is 2. The van der Waals surface area contributed by atoms with Crippen molar-refractivity contribution in [3.05, 3.63) is 0 Å². The average Bonchev–Trinajstić information content (AvgIpc) is 1.90. The fourth-order valence-electron chi connectivity index (χ4n) is 0.756. The highest BCUT2D eigenvalue weighted by Crippen LogP contribution is 1.81. The van der Waals surface area contributed by atoms with Crippen molar-refractivity contribution in [2.75, 3.05) is 20.6 Å². The zero-order chi connectivity index (χ0) is 7.82. The third-order valence-electron chi connectivity index (χ3n) is 1.07. The van der Waals surface area contributed by atoms with E-state index >= 15 is 0 Å². The summed E-state index contributed by atoms with van der Waals surface area (Å²) in [5.41, 5.74) is 0. The van der Waals surface area contributed by atoms with E-state index in [1.165, 1.54) is 0 Å². The number of hydrogen-bond acceptors (Lipinski definition) is 3. The lowest BCUT2D eigenvalue weighted by Crippen LogP contribution is -2.44. The van der Waals surface area contributed by atoms with Crippen LogP contribution >= 0.6 is 0 Å². The summed E-state index contributed by atoms with van der Waals surface area (Å²) in [6.45, 7) is 3.20. The molecule has 0 spiro atoms. The fourth-order valence-corrected chi connectivity index (χ4v) is 0.756. The van der Waals surface area contributed by atoms with Crippen LogP contribution in [0.4, 0.5) is 0 Å². The van der Waals surface area contributed by atoms with Gasteiger partial charge in [-0.2, -0.15) is 0 Å². The second-order valence-electron chi connectivity index (χ2n) is 2.07. The Kier molecular flexibility index (Phi) is 7.13. The smallest absolute Gasteiger partial charge is 0.298 e. The van der Waals surface area contributed by atoms with E-state index in [0.717, 1.165) is 13.0 Å². The van der Waals surface area contributed by atoms with Crippen LogP contribution in [0.5, 0.6) is 0 Å². The quantitative estimate of drug-likeness (QED) is 0.472. The Hall–Kier alpha value is 0.00987. The van der Waals surface area contributed by atoms with Crippen molar-refractivity contribution in [1.82, 2.24) is 15.2 Å². The molecule has 0 bridgehead atoms. The molecule has 56 valence electrons. The first kappa shape index (κ1) is 10.0. The molecule has 0 aromatic rings. The van der Waals surface area contributed by atoms with Gasteiger partial charge in [0, 0.05) is 0 Å². The lowest BCUT2D eigenvalue weighted by atomic mass is 9.94. The van der Waals surface area contributed by atoms with Crippen molar-refractivity contribution in [2.24, 2.45) is 0 Å². The van der Waals surface area contributed by atoms with Crippen LogP contribution in [0.25, 0.3) is 0 Å². The molecule has 2 radical (unpaired) electrons. The molecule has 0 rings (SSSR count). The highest BCUT2D eigenvalue weighted by molar-refractivity contribution is 6.47. The predicted molar refractivity (Wildman–Crippen MR) is 46.6 cm³/mol. The van der Waals surface area contributed by atoms with E-state index in [-0.39, 0.29) is 0 Å². The summed E-state index contributed by atoms with van der Waals surface area (Å²) in [4.78, 5) is 0. The maximum atomic E-state index is 2.97. The summed E-state index contributed by atoms with van der Waals surface area (Å²) < 4.78 is 2.07. The SMILES string of the molecule is CCCN([B]NC)[B]NC. The molecular formula is C5H15B2N3. The summed E-state index contributed by atoms with van der Waals surface area (Å²) in [6.07, 6.45) is 1.15. The molecule has 0 aromatic heterocycles. The minimum atomic E-state index is 1.04. The normalized spacial score (nSPS) is 10.0. The second-order valence-corrected chi connectivity index (χ2v) is 2.07. The molecule has 5 heteroatoms. The zero-order valence-corrected chi connectivity index (χ0v) is 7.02. The number of rotatable bonds is 6. The summed E-state index contributed by atoms with van der Waals surface area (Å²) in [5, 5.41) is 5.93. The number of nitrogens with one attached hydrogen (secondary N) is 2. The molecule has 2 N–H and O–H groups in total. The van der Waals surface area contributed by atoms with Crippen molar-refractivity contribution >= 4 is 15.1 Å². The Morgan fingerprint density at radius 2 is 1.70 bits per heavy atom. The zero-order valence-electron chi connectivity index (χ0n) is 7.02. The van der Waals surface area contributed by atoms with Gasteiger partial charge in [-0.3, -0.25) is 0 Å². The van der Waals surface area contributed by atoms with E-state index in [1.807, 2.05) is 29.2 Å². The van der Waals surface area contributed by atoms with Gasteiger partial charge in [0.2, 0.25) is 0 Å². The van der Waals surface area contributed by atoms with Crippen LogP contribution in [0.15, 0.2) is 0 Å². The van der Waals surface area contributed by atoms with Gasteiger partial charge < -0.3 is 15.2 Å². The first-order valence-electron chi connectivity index (χ1n) is 3.62. The Morgan fingerprint density at radius 3 is 2.00 bits per heavy atom. The van der Waals surface area contributed by atoms with Crippen molar-refractivity contribution in [3.8, 4) is 0 Å². The highest BCUT2D eigenvalue weighted by atomic mass is 15.1. The predicted octanol–water partition coefficient (Wildman–Crippen LogP) is -0.794. The summed E-state index contributed by atoms with van der Waals surface area (Å²) in [7, 11) is 7.65. The standard InChI is InChI=1S/C5H15B2N3/c1-4-5-10(6-8-2)7-9-3/h8-9H,4-5H2,1-3H3. The van der Waals surface area contributed by atoms with Crippen LogP contribution in [0, 0.1) is 0 Å². The molecule has 0 amide bonds. The second kappa shape index (κ2) is 7.12. The third kappa shape index (κ3) is 4.85. The van der Waals surface area contributed by atoms with Gasteiger partial charge in [-0.1, -0.05) is 6.92 Å². The van der Waals surface area contributed by atoms with Gasteiger partial charge in [-0.05, 0) is 27.1 Å². The molecule has 0 fully saturated rings. The molecule has 0 aromatic carbocycles. The molecule has 0 saturated carbocycles. The maximum Gasteiger partial charge on any atom is 0.298 e. The summed E-state index contributed by atoms with van der Waals surface area (Å²) in [5.74, 6) is 0. The van der Waals surface area contributed by atoms with E-state index < -0.39 is 0 Å². The Bertz CT molecular complexity index is 57.6. The average molecular weight is 139 g/mol. The van der Waals surface area contributed by atoms with Crippen LogP contribution in [0.2, 0.25) is 0 Å². The van der Waals surface area contributed by atoms with Gasteiger partial charge in [-0.25, -0.2) is 0 Å². The van der Waals surface area contributed by atoms with Gasteiger partial charge >= 0.3 is 0 Å². The van der Waals surface area contributed by atoms with Crippen LogP contribution in [-0.2, 0) is 0 Å². The maximum absolute atomic E-state index is 2.97. The molecule has 0 aliphatic rings. The Balaban J connectivity index is 3.30. The molecule has 0 heterocycles. The van der Waals surface area contributed by atoms with E-state index in [9.17, 15) is 0 Å². The molecular weight excluding hydrogens is 124 g/mol. The first-order chi connectivity index (χ1) is 4.85. The van der Waals surface area contributed by atoms with Gasteiger partial charge in [0.1, 0.15) is 0 Å². The fraction of sp³-hybridized carbons (Fsp3) is 1.00. The minimum Gasteiger partial charge on any atom is -0.364 e. The molecule has 0 aliphatic heterocycles. The van der Waals surface area contributed by atoms with Crippen LogP contribution in [-0.4, -0.2) is 40.5 Å². The van der Waals surface area contributed by atoms with Crippen LogP contribution in [0.3, 0.4) is 0 Å². The molecule has 10 heavy (non-hydrogen) atoms. The van der Waals surface area contributed by atoms with Crippen molar-refractivity contribution in [3.63, 3.8) is 0 Å². The molecule has 0 unspecified atom stereocenters. The van der Waals surface area contributed by atoms with E-state index in [0.29, 0.717) is 0 Å². The Morgan fingerprint density at radius 1 is 1.20 bits per heavy atom. The number of nitrogens with zero attached hydrogens (tertiary/aromatic N) is 1. The van der Waals surface area contributed by atoms with Gasteiger partial charge in [0.25, 0.3) is 15.1 Å². The van der Waals surface area contributed by atoms with Gasteiger partial charge in [0.05, 0.1) is 0 Å². The minimum absolute atomic E-state index is 1.04. The Labute approximate surface area is 65.1 Å². The van der Waals surface area contributed by atoms with Crippen molar-refractivity contribution in [2.45, 2.75) is 13.3 Å². The van der Waals surface area contributed by atoms with Gasteiger partial charge in [-0.15, -0.1) is 0 Å². The lowest BCUT2D eigenvalue weighted by molar-refractivity contribution is 0.633. The molecule has 0 saturated heterocycles. The topological polar surface area (TPSA) is 27.3 Å². The largest absolute Gasteiger partial charge is 0.364 e.